The lowest BCUT2D eigenvalue weighted by atomic mass is 9.94. The van der Waals surface area contributed by atoms with Gasteiger partial charge >= 0.3 is 0 Å². The van der Waals surface area contributed by atoms with Crippen molar-refractivity contribution in [3.8, 4) is 0 Å². The lowest BCUT2D eigenvalue weighted by Crippen LogP contribution is -2.42. The normalized spacial score (nSPS) is 14.7. The minimum atomic E-state index is -0.588. The van der Waals surface area contributed by atoms with Crippen LogP contribution in [-0.2, 0) is 11.2 Å². The fourth-order valence-corrected chi connectivity index (χ4v) is 2.48. The van der Waals surface area contributed by atoms with Gasteiger partial charge in [-0.25, -0.2) is 8.78 Å². The van der Waals surface area contributed by atoms with E-state index in [9.17, 15) is 8.78 Å². The number of hydrogen-bond donors (Lipinski definition) is 1. The third kappa shape index (κ3) is 4.23. The first-order valence-electron chi connectivity index (χ1n) is 6.38. The van der Waals surface area contributed by atoms with Crippen LogP contribution in [0, 0.1) is 17.6 Å². The van der Waals surface area contributed by atoms with Crippen LogP contribution in [0.2, 0.25) is 0 Å². The van der Waals surface area contributed by atoms with Crippen molar-refractivity contribution in [1.29, 1.82) is 0 Å². The molecule has 2 nitrogen and oxygen atoms in total. The molecule has 1 aromatic carbocycles. The maximum Gasteiger partial charge on any atom is 0.143 e. The summed E-state index contributed by atoms with van der Waals surface area (Å²) in [6.45, 7) is 6.37. The smallest absolute Gasteiger partial charge is 0.143 e. The van der Waals surface area contributed by atoms with Gasteiger partial charge in [0.25, 0.3) is 0 Å². The Morgan fingerprint density at radius 1 is 1.32 bits per heavy atom. The van der Waals surface area contributed by atoms with E-state index in [-0.39, 0.29) is 28.5 Å². The van der Waals surface area contributed by atoms with Gasteiger partial charge in [-0.15, -0.1) is 0 Å². The zero-order valence-corrected chi connectivity index (χ0v) is 13.0. The Morgan fingerprint density at radius 3 is 2.47 bits per heavy atom. The van der Waals surface area contributed by atoms with Crippen LogP contribution in [0.4, 0.5) is 8.78 Å². The maximum absolute atomic E-state index is 13.9. The first kappa shape index (κ1) is 16.5. The fraction of sp³-hybridized carbons (Fsp3) is 0.571. The van der Waals surface area contributed by atoms with Gasteiger partial charge in [0.05, 0.1) is 10.6 Å². The second-order valence-electron chi connectivity index (χ2n) is 4.85. The zero-order valence-electron chi connectivity index (χ0n) is 11.4. The average Bonchev–Trinajstić information content (AvgIpc) is 2.35. The summed E-state index contributed by atoms with van der Waals surface area (Å²) in [5, 5.41) is 0. The Morgan fingerprint density at radius 2 is 1.95 bits per heavy atom. The monoisotopic (exact) mass is 335 g/mol. The molecule has 0 aliphatic heterocycles. The fourth-order valence-electron chi connectivity index (χ4n) is 2.11. The predicted octanol–water partition coefficient (Wildman–Crippen LogP) is 3.66. The van der Waals surface area contributed by atoms with E-state index in [0.29, 0.717) is 6.61 Å². The number of nitrogens with two attached hydrogens (primary N) is 1. The van der Waals surface area contributed by atoms with E-state index in [2.05, 4.69) is 15.9 Å². The van der Waals surface area contributed by atoms with Gasteiger partial charge in [0, 0.05) is 18.2 Å². The highest BCUT2D eigenvalue weighted by Gasteiger charge is 2.25. The summed E-state index contributed by atoms with van der Waals surface area (Å²) in [4.78, 5) is 0. The standard InChI is InChI=1S/C14H20BrF2NO/c1-4-19-14(8(2)3)12(18)7-9-11(16)6-5-10(15)13(9)17/h5-6,8,12,14H,4,7,18H2,1-3H3. The molecule has 0 radical (unpaired) electrons. The van der Waals surface area contributed by atoms with Crippen LogP contribution in [0.25, 0.3) is 0 Å². The Hall–Kier alpha value is -0.520. The third-order valence-corrected chi connectivity index (χ3v) is 3.63. The molecule has 0 saturated heterocycles. The SMILES string of the molecule is CCOC(C(C)C)C(N)Cc1c(F)ccc(Br)c1F. The lowest BCUT2D eigenvalue weighted by Gasteiger charge is -2.27. The van der Waals surface area contributed by atoms with E-state index in [1.807, 2.05) is 20.8 Å². The summed E-state index contributed by atoms with van der Waals surface area (Å²) in [5.74, 6) is -0.974. The average molecular weight is 336 g/mol. The molecule has 1 aromatic rings. The van der Waals surface area contributed by atoms with Crippen LogP contribution < -0.4 is 5.73 Å². The summed E-state index contributed by atoms with van der Waals surface area (Å²) in [7, 11) is 0. The van der Waals surface area contributed by atoms with Gasteiger partial charge in [0.2, 0.25) is 0 Å². The van der Waals surface area contributed by atoms with Crippen LogP contribution >= 0.6 is 15.9 Å². The van der Waals surface area contributed by atoms with Crippen molar-refractivity contribution >= 4 is 15.9 Å². The molecule has 1 rings (SSSR count). The van der Waals surface area contributed by atoms with Crippen molar-refractivity contribution < 1.29 is 13.5 Å². The zero-order chi connectivity index (χ0) is 14.6. The predicted molar refractivity (Wildman–Crippen MR) is 76.0 cm³/mol. The Bertz CT molecular complexity index is 426. The maximum atomic E-state index is 13.9. The van der Waals surface area contributed by atoms with Crippen LogP contribution in [-0.4, -0.2) is 18.8 Å². The molecule has 0 spiro atoms. The lowest BCUT2D eigenvalue weighted by molar-refractivity contribution is 0.0124. The molecular weight excluding hydrogens is 316 g/mol. The summed E-state index contributed by atoms with van der Waals surface area (Å²) in [6, 6.07) is 2.14. The number of benzene rings is 1. The number of rotatable bonds is 6. The van der Waals surface area contributed by atoms with Gasteiger partial charge in [-0.3, -0.25) is 0 Å². The van der Waals surface area contributed by atoms with Crippen LogP contribution in [0.5, 0.6) is 0 Å². The van der Waals surface area contributed by atoms with Gasteiger partial charge < -0.3 is 10.5 Å². The molecule has 0 amide bonds. The molecule has 5 heteroatoms. The molecule has 0 fully saturated rings. The molecule has 2 atom stereocenters. The second kappa shape index (κ2) is 7.31. The van der Waals surface area contributed by atoms with Crippen LogP contribution in [0.1, 0.15) is 26.3 Å². The molecule has 0 heterocycles. The van der Waals surface area contributed by atoms with Crippen molar-refractivity contribution in [3.63, 3.8) is 0 Å². The third-order valence-electron chi connectivity index (χ3n) is 3.02. The number of hydrogen-bond acceptors (Lipinski definition) is 2. The summed E-state index contributed by atoms with van der Waals surface area (Å²) < 4.78 is 33.4. The minimum absolute atomic E-state index is 0.00669. The summed E-state index contributed by atoms with van der Waals surface area (Å²) in [5.41, 5.74) is 6.06. The number of halogens is 3. The van der Waals surface area contributed by atoms with Gasteiger partial charge in [0.15, 0.2) is 0 Å². The minimum Gasteiger partial charge on any atom is -0.377 e. The Kier molecular flexibility index (Phi) is 6.36. The molecule has 0 aromatic heterocycles. The van der Waals surface area contributed by atoms with E-state index in [1.165, 1.54) is 12.1 Å². The second-order valence-corrected chi connectivity index (χ2v) is 5.71. The molecular formula is C14H20BrF2NO. The van der Waals surface area contributed by atoms with Crippen LogP contribution in [0.3, 0.4) is 0 Å². The molecule has 0 aliphatic rings. The largest absolute Gasteiger partial charge is 0.377 e. The molecule has 2 N–H and O–H groups in total. The quantitative estimate of drug-likeness (QED) is 0.805. The topological polar surface area (TPSA) is 35.2 Å². The highest BCUT2D eigenvalue weighted by Crippen LogP contribution is 2.24. The Labute approximate surface area is 121 Å². The molecule has 19 heavy (non-hydrogen) atoms. The summed E-state index contributed by atoms with van der Waals surface area (Å²) in [6.07, 6.45) is -0.109. The van der Waals surface area contributed by atoms with E-state index in [1.54, 1.807) is 0 Å². The van der Waals surface area contributed by atoms with Gasteiger partial charge in [0.1, 0.15) is 11.6 Å². The van der Waals surface area contributed by atoms with Crippen molar-refractivity contribution in [3.05, 3.63) is 33.8 Å². The highest BCUT2D eigenvalue weighted by molar-refractivity contribution is 9.10. The van der Waals surface area contributed by atoms with Gasteiger partial charge in [-0.2, -0.15) is 0 Å². The van der Waals surface area contributed by atoms with E-state index >= 15 is 0 Å². The Balaban J connectivity index is 2.92. The van der Waals surface area contributed by atoms with Gasteiger partial charge in [-0.05, 0) is 47.3 Å². The molecule has 0 bridgehead atoms. The highest BCUT2D eigenvalue weighted by atomic mass is 79.9. The van der Waals surface area contributed by atoms with Crippen molar-refractivity contribution in [2.75, 3.05) is 6.61 Å². The molecule has 108 valence electrons. The first-order chi connectivity index (χ1) is 8.88. The van der Waals surface area contributed by atoms with E-state index in [0.717, 1.165) is 0 Å². The first-order valence-corrected chi connectivity index (χ1v) is 7.17. The van der Waals surface area contributed by atoms with Crippen molar-refractivity contribution in [2.45, 2.75) is 39.3 Å². The van der Waals surface area contributed by atoms with Crippen molar-refractivity contribution in [1.82, 2.24) is 0 Å². The van der Waals surface area contributed by atoms with Crippen molar-refractivity contribution in [2.24, 2.45) is 11.7 Å². The summed E-state index contributed by atoms with van der Waals surface area (Å²) >= 11 is 3.05. The molecule has 2 unspecified atom stereocenters. The number of ether oxygens (including phenoxy) is 1. The molecule has 0 saturated carbocycles. The van der Waals surface area contributed by atoms with E-state index < -0.39 is 17.7 Å². The van der Waals surface area contributed by atoms with Crippen LogP contribution in [0.15, 0.2) is 16.6 Å². The van der Waals surface area contributed by atoms with E-state index in [4.69, 9.17) is 10.5 Å². The molecule has 0 aliphatic carbocycles. The van der Waals surface area contributed by atoms with Gasteiger partial charge in [-0.1, -0.05) is 13.8 Å².